The topological polar surface area (TPSA) is 52.5 Å². The molecule has 0 saturated carbocycles. The molecular formula is C15H23F2NO2. The molecule has 0 aliphatic rings. The Hall–Kier alpha value is -1.04. The second-order valence-corrected chi connectivity index (χ2v) is 5.18. The van der Waals surface area contributed by atoms with Crippen molar-refractivity contribution < 1.29 is 19.0 Å². The van der Waals surface area contributed by atoms with Crippen LogP contribution in [0.1, 0.15) is 38.4 Å². The highest BCUT2D eigenvalue weighted by atomic mass is 19.1. The molecule has 3 N–H and O–H groups in total. The molecule has 20 heavy (non-hydrogen) atoms. The number of aliphatic hydroxyl groups excluding tert-OH is 2. The first kappa shape index (κ1) is 17.0. The van der Waals surface area contributed by atoms with Crippen LogP contribution in [-0.4, -0.2) is 29.9 Å². The molecule has 1 aromatic rings. The minimum atomic E-state index is -1.11. The molecule has 0 bridgehead atoms. The van der Waals surface area contributed by atoms with Crippen molar-refractivity contribution in [3.05, 3.63) is 35.4 Å². The summed E-state index contributed by atoms with van der Waals surface area (Å²) in [5, 5.41) is 22.4. The molecule has 0 aliphatic carbocycles. The molecule has 0 saturated heterocycles. The Morgan fingerprint density at radius 2 is 1.90 bits per heavy atom. The minimum Gasteiger partial charge on any atom is -0.396 e. The van der Waals surface area contributed by atoms with Crippen LogP contribution in [0.4, 0.5) is 8.78 Å². The molecule has 1 rings (SSSR count). The predicted octanol–water partition coefficient (Wildman–Crippen LogP) is 2.39. The van der Waals surface area contributed by atoms with Gasteiger partial charge in [0.15, 0.2) is 0 Å². The van der Waals surface area contributed by atoms with Crippen LogP contribution in [0.15, 0.2) is 18.2 Å². The Kier molecular flexibility index (Phi) is 6.52. The van der Waals surface area contributed by atoms with Crippen LogP contribution in [0.25, 0.3) is 0 Å². The molecule has 1 unspecified atom stereocenters. The summed E-state index contributed by atoms with van der Waals surface area (Å²) in [6.07, 6.45) is 0.491. The van der Waals surface area contributed by atoms with Crippen LogP contribution < -0.4 is 5.32 Å². The number of benzene rings is 1. The van der Waals surface area contributed by atoms with E-state index >= 15 is 0 Å². The second-order valence-electron chi connectivity index (χ2n) is 5.18. The molecule has 114 valence electrons. The Morgan fingerprint density at radius 3 is 2.45 bits per heavy atom. The van der Waals surface area contributed by atoms with Crippen molar-refractivity contribution in [2.45, 2.75) is 32.8 Å². The summed E-state index contributed by atoms with van der Waals surface area (Å²) in [6, 6.07) is 3.02. The molecule has 0 heterocycles. The first-order chi connectivity index (χ1) is 9.48. The van der Waals surface area contributed by atoms with Crippen LogP contribution in [0, 0.1) is 17.0 Å². The number of aliphatic hydroxyl groups is 2. The van der Waals surface area contributed by atoms with E-state index in [1.54, 1.807) is 0 Å². The van der Waals surface area contributed by atoms with Gasteiger partial charge in [0.25, 0.3) is 0 Å². The van der Waals surface area contributed by atoms with E-state index in [1.807, 2.05) is 13.8 Å². The summed E-state index contributed by atoms with van der Waals surface area (Å²) >= 11 is 0. The first-order valence-electron chi connectivity index (χ1n) is 6.92. The molecule has 0 aliphatic heterocycles. The highest BCUT2D eigenvalue weighted by molar-refractivity contribution is 5.21. The normalized spacial score (nSPS) is 13.5. The van der Waals surface area contributed by atoms with Gasteiger partial charge in [0, 0.05) is 30.7 Å². The maximum absolute atomic E-state index is 13.5. The summed E-state index contributed by atoms with van der Waals surface area (Å²) in [7, 11) is 0. The highest BCUT2D eigenvalue weighted by Crippen LogP contribution is 2.25. The Balaban J connectivity index is 2.59. The van der Waals surface area contributed by atoms with E-state index in [2.05, 4.69) is 5.32 Å². The standard InChI is InChI=1S/C15H23F2NO2/c1-3-15(4-2,10-19)9-18-8-14(20)12-7-11(16)5-6-13(12)17/h5-7,14,18-20H,3-4,8-10H2,1-2H3. The summed E-state index contributed by atoms with van der Waals surface area (Å²) in [6.45, 7) is 4.66. The van der Waals surface area contributed by atoms with Gasteiger partial charge in [-0.2, -0.15) is 0 Å². The second kappa shape index (κ2) is 7.67. The van der Waals surface area contributed by atoms with Crippen molar-refractivity contribution >= 4 is 0 Å². The zero-order chi connectivity index (χ0) is 15.2. The van der Waals surface area contributed by atoms with E-state index in [1.165, 1.54) is 0 Å². The van der Waals surface area contributed by atoms with Gasteiger partial charge in [-0.1, -0.05) is 13.8 Å². The number of hydrogen-bond donors (Lipinski definition) is 3. The monoisotopic (exact) mass is 287 g/mol. The minimum absolute atomic E-state index is 0.0530. The van der Waals surface area contributed by atoms with Crippen LogP contribution in [0.3, 0.4) is 0 Å². The van der Waals surface area contributed by atoms with Crippen LogP contribution in [-0.2, 0) is 0 Å². The SMILES string of the molecule is CCC(CC)(CO)CNCC(O)c1cc(F)ccc1F. The van der Waals surface area contributed by atoms with E-state index in [9.17, 15) is 19.0 Å². The molecule has 0 aromatic heterocycles. The van der Waals surface area contributed by atoms with Gasteiger partial charge in [-0.25, -0.2) is 8.78 Å². The fourth-order valence-corrected chi connectivity index (χ4v) is 2.13. The van der Waals surface area contributed by atoms with Crippen molar-refractivity contribution in [1.29, 1.82) is 0 Å². The number of rotatable bonds is 8. The molecule has 0 amide bonds. The summed E-state index contributed by atoms with van der Waals surface area (Å²) in [5.41, 5.74) is -0.291. The molecule has 1 aromatic carbocycles. The summed E-state index contributed by atoms with van der Waals surface area (Å²) in [5.74, 6) is -1.20. The zero-order valence-corrected chi connectivity index (χ0v) is 12.0. The number of nitrogens with one attached hydrogen (secondary N) is 1. The van der Waals surface area contributed by atoms with Crippen molar-refractivity contribution in [3.63, 3.8) is 0 Å². The lowest BCUT2D eigenvalue weighted by atomic mass is 9.83. The Morgan fingerprint density at radius 1 is 1.25 bits per heavy atom. The molecule has 5 heteroatoms. The van der Waals surface area contributed by atoms with E-state index in [4.69, 9.17) is 0 Å². The van der Waals surface area contributed by atoms with Crippen molar-refractivity contribution in [3.8, 4) is 0 Å². The predicted molar refractivity (Wildman–Crippen MR) is 74.3 cm³/mol. The fraction of sp³-hybridized carbons (Fsp3) is 0.600. The van der Waals surface area contributed by atoms with Crippen LogP contribution >= 0.6 is 0 Å². The lowest BCUT2D eigenvalue weighted by Gasteiger charge is -2.30. The maximum atomic E-state index is 13.5. The highest BCUT2D eigenvalue weighted by Gasteiger charge is 2.25. The van der Waals surface area contributed by atoms with Crippen LogP contribution in [0.2, 0.25) is 0 Å². The van der Waals surface area contributed by atoms with Gasteiger partial charge in [-0.15, -0.1) is 0 Å². The van der Waals surface area contributed by atoms with Gasteiger partial charge >= 0.3 is 0 Å². The van der Waals surface area contributed by atoms with Gasteiger partial charge in [0.1, 0.15) is 11.6 Å². The van der Waals surface area contributed by atoms with E-state index in [0.717, 1.165) is 31.0 Å². The van der Waals surface area contributed by atoms with Crippen molar-refractivity contribution in [2.24, 2.45) is 5.41 Å². The van der Waals surface area contributed by atoms with Gasteiger partial charge in [0.2, 0.25) is 0 Å². The van der Waals surface area contributed by atoms with Gasteiger partial charge < -0.3 is 15.5 Å². The van der Waals surface area contributed by atoms with E-state index in [-0.39, 0.29) is 24.1 Å². The lowest BCUT2D eigenvalue weighted by Crippen LogP contribution is -2.38. The molecule has 0 spiro atoms. The van der Waals surface area contributed by atoms with Gasteiger partial charge in [0.05, 0.1) is 6.10 Å². The maximum Gasteiger partial charge on any atom is 0.129 e. The lowest BCUT2D eigenvalue weighted by molar-refractivity contribution is 0.103. The van der Waals surface area contributed by atoms with Gasteiger partial charge in [-0.3, -0.25) is 0 Å². The van der Waals surface area contributed by atoms with E-state index < -0.39 is 17.7 Å². The number of hydrogen-bond acceptors (Lipinski definition) is 3. The summed E-state index contributed by atoms with van der Waals surface area (Å²) < 4.78 is 26.5. The largest absolute Gasteiger partial charge is 0.396 e. The zero-order valence-electron chi connectivity index (χ0n) is 12.0. The third-order valence-corrected chi connectivity index (χ3v) is 3.99. The third-order valence-electron chi connectivity index (χ3n) is 3.99. The average molecular weight is 287 g/mol. The fourth-order valence-electron chi connectivity index (χ4n) is 2.13. The third kappa shape index (κ3) is 4.23. The molecule has 0 fully saturated rings. The van der Waals surface area contributed by atoms with Gasteiger partial charge in [-0.05, 0) is 31.0 Å². The quantitative estimate of drug-likeness (QED) is 0.688. The average Bonchev–Trinajstić information content (AvgIpc) is 2.46. The van der Waals surface area contributed by atoms with Crippen LogP contribution in [0.5, 0.6) is 0 Å². The summed E-state index contributed by atoms with van der Waals surface area (Å²) in [4.78, 5) is 0. The smallest absolute Gasteiger partial charge is 0.129 e. The Labute approximate surface area is 118 Å². The van der Waals surface area contributed by atoms with Crippen molar-refractivity contribution in [2.75, 3.05) is 19.7 Å². The van der Waals surface area contributed by atoms with E-state index in [0.29, 0.717) is 6.54 Å². The molecule has 0 radical (unpaired) electrons. The molecule has 3 nitrogen and oxygen atoms in total. The first-order valence-corrected chi connectivity index (χ1v) is 6.92. The number of halogens is 2. The molecule has 1 atom stereocenters. The Bertz CT molecular complexity index is 414. The van der Waals surface area contributed by atoms with Crippen molar-refractivity contribution in [1.82, 2.24) is 5.32 Å². The molecular weight excluding hydrogens is 264 g/mol.